The maximum atomic E-state index is 4.93. The Balaban J connectivity index is 0.000000156. The molecule has 0 fully saturated rings. The number of hydrogen-bond acceptors (Lipinski definition) is 2. The zero-order valence-corrected chi connectivity index (χ0v) is 31.2. The van der Waals surface area contributed by atoms with Crippen molar-refractivity contribution in [3.05, 3.63) is 150 Å². The Kier molecular flexibility index (Phi) is 13.5. The van der Waals surface area contributed by atoms with Crippen molar-refractivity contribution in [1.82, 2.24) is 9.97 Å². The van der Waals surface area contributed by atoms with E-state index in [1.165, 1.54) is 60.1 Å². The second-order valence-electron chi connectivity index (χ2n) is 10.7. The molecular formula is C39H36Cl2N2SiZr. The standard InChI is InChI=1S/2C16H14N.C7H8Si.2ClH.Zr/c2*1-11-9-14-12(2)6-7-13(15(14)10-11)16-5-3-4-8-17-16;1-8-7-5-3-2-4-6-7;;;/h2*3-10H,1-2H3;2-6H,1H3;2*1H;/q2*-1;;;;+4/p-2. The van der Waals surface area contributed by atoms with E-state index in [1.54, 1.807) is 0 Å². The van der Waals surface area contributed by atoms with E-state index in [0.717, 1.165) is 20.9 Å². The first-order chi connectivity index (χ1) is 21.9. The van der Waals surface area contributed by atoms with Gasteiger partial charge in [0.25, 0.3) is 0 Å². The van der Waals surface area contributed by atoms with Crippen molar-refractivity contribution in [1.29, 1.82) is 0 Å². The van der Waals surface area contributed by atoms with Crippen molar-refractivity contribution in [3.63, 3.8) is 0 Å². The number of fused-ring (bicyclic) bond motifs is 2. The van der Waals surface area contributed by atoms with Crippen molar-refractivity contribution in [2.75, 3.05) is 0 Å². The molecule has 45 heavy (non-hydrogen) atoms. The van der Waals surface area contributed by atoms with Gasteiger partial charge in [0.2, 0.25) is 0 Å². The van der Waals surface area contributed by atoms with Gasteiger partial charge in [-0.25, -0.2) is 0 Å². The molecule has 0 aliphatic heterocycles. The van der Waals surface area contributed by atoms with Gasteiger partial charge in [0.1, 0.15) is 0 Å². The van der Waals surface area contributed by atoms with Crippen LogP contribution in [0.15, 0.2) is 128 Å². The molecular weight excluding hydrogens is 687 g/mol. The third-order valence-corrected chi connectivity index (χ3v) is 8.35. The second-order valence-corrected chi connectivity index (χ2v) is 15.5. The molecule has 0 saturated heterocycles. The van der Waals surface area contributed by atoms with Crippen LogP contribution in [0, 0.1) is 27.7 Å². The number of benzene rings is 3. The SMILES string of the molecule is C[Si]c1ccccc1.Cc1cc2c(-c3ccccn3)ccc(C)c2[cH-]1.Cc1cc2c(-c3ccccn3)ccc(C)c2[cH-]1.[Cl][Zr+2][Cl]. The van der Waals surface area contributed by atoms with Crippen LogP contribution in [0.2, 0.25) is 6.55 Å². The van der Waals surface area contributed by atoms with Crippen molar-refractivity contribution in [2.45, 2.75) is 34.2 Å². The van der Waals surface area contributed by atoms with Crippen LogP contribution in [0.3, 0.4) is 0 Å². The van der Waals surface area contributed by atoms with Crippen LogP contribution < -0.4 is 5.19 Å². The van der Waals surface area contributed by atoms with Gasteiger partial charge in [-0.1, -0.05) is 94.0 Å². The van der Waals surface area contributed by atoms with Crippen molar-refractivity contribution < 1.29 is 20.8 Å². The Morgan fingerprint density at radius 3 is 1.36 bits per heavy atom. The fraction of sp³-hybridized carbons (Fsp3) is 0.128. The van der Waals surface area contributed by atoms with E-state index < -0.39 is 20.8 Å². The van der Waals surface area contributed by atoms with Gasteiger partial charge in [0, 0.05) is 12.4 Å². The molecule has 0 bridgehead atoms. The first-order valence-corrected chi connectivity index (χ1v) is 22.5. The van der Waals surface area contributed by atoms with Gasteiger partial charge in [-0.3, -0.25) is 9.97 Å². The van der Waals surface area contributed by atoms with E-state index >= 15 is 0 Å². The Hall–Kier alpha value is -3.14. The summed E-state index contributed by atoms with van der Waals surface area (Å²) in [5, 5.41) is 6.73. The Morgan fingerprint density at radius 2 is 1.00 bits per heavy atom. The summed E-state index contributed by atoms with van der Waals surface area (Å²) in [6, 6.07) is 40.2. The van der Waals surface area contributed by atoms with Gasteiger partial charge < -0.3 is 0 Å². The molecule has 7 aromatic rings. The molecule has 224 valence electrons. The normalized spacial score (nSPS) is 10.1. The Bertz CT molecular complexity index is 1800. The number of halogens is 2. The number of rotatable bonds is 3. The topological polar surface area (TPSA) is 25.8 Å². The third-order valence-electron chi connectivity index (χ3n) is 7.44. The summed E-state index contributed by atoms with van der Waals surface area (Å²) in [6.45, 7) is 10.8. The van der Waals surface area contributed by atoms with Crippen molar-refractivity contribution in [3.8, 4) is 22.5 Å². The molecule has 2 heterocycles. The molecule has 2 radical (unpaired) electrons. The van der Waals surface area contributed by atoms with E-state index in [0.29, 0.717) is 0 Å². The Morgan fingerprint density at radius 1 is 0.578 bits per heavy atom. The van der Waals surface area contributed by atoms with E-state index in [-0.39, 0.29) is 0 Å². The van der Waals surface area contributed by atoms with Gasteiger partial charge in [-0.2, -0.15) is 12.1 Å². The monoisotopic (exact) mass is 720 g/mol. The van der Waals surface area contributed by atoms with E-state index in [2.05, 4.69) is 129 Å². The molecule has 0 unspecified atom stereocenters. The molecule has 0 aliphatic rings. The molecule has 5 aromatic carbocycles. The zero-order chi connectivity index (χ0) is 32.2. The summed E-state index contributed by atoms with van der Waals surface area (Å²) in [5.74, 6) is 0. The molecule has 0 saturated carbocycles. The van der Waals surface area contributed by atoms with E-state index in [4.69, 9.17) is 17.0 Å². The minimum absolute atomic E-state index is 0.826. The first kappa shape index (κ1) is 34.7. The van der Waals surface area contributed by atoms with E-state index in [9.17, 15) is 0 Å². The van der Waals surface area contributed by atoms with E-state index in [1.807, 2.05) is 42.7 Å². The fourth-order valence-corrected chi connectivity index (χ4v) is 5.80. The molecule has 0 amide bonds. The van der Waals surface area contributed by atoms with Gasteiger partial charge in [-0.15, -0.1) is 68.1 Å². The molecule has 0 aliphatic carbocycles. The predicted octanol–water partition coefficient (Wildman–Crippen LogP) is 10.9. The minimum atomic E-state index is -0.826. The molecule has 0 N–H and O–H groups in total. The molecule has 7 rings (SSSR count). The van der Waals surface area contributed by atoms with Gasteiger partial charge in [-0.05, 0) is 35.4 Å². The summed E-state index contributed by atoms with van der Waals surface area (Å²) in [6.07, 6.45) is 3.69. The summed E-state index contributed by atoms with van der Waals surface area (Å²) in [5.41, 5.74) is 9.81. The number of pyridine rings is 2. The Labute approximate surface area is 288 Å². The predicted molar refractivity (Wildman–Crippen MR) is 194 cm³/mol. The van der Waals surface area contributed by atoms with Gasteiger partial charge in [0.15, 0.2) is 0 Å². The van der Waals surface area contributed by atoms with Crippen LogP contribution in [0.4, 0.5) is 0 Å². The van der Waals surface area contributed by atoms with Crippen LogP contribution in [0.1, 0.15) is 22.3 Å². The van der Waals surface area contributed by atoms with Gasteiger partial charge >= 0.3 is 37.9 Å². The van der Waals surface area contributed by atoms with Crippen LogP contribution >= 0.6 is 17.0 Å². The number of nitrogens with zero attached hydrogens (tertiary/aromatic N) is 2. The zero-order valence-electron chi connectivity index (χ0n) is 26.3. The van der Waals surface area contributed by atoms with Crippen molar-refractivity contribution in [2.24, 2.45) is 0 Å². The van der Waals surface area contributed by atoms with Crippen LogP contribution in [-0.4, -0.2) is 19.5 Å². The molecule has 2 aromatic heterocycles. The van der Waals surface area contributed by atoms with Crippen molar-refractivity contribution >= 4 is 53.3 Å². The third kappa shape index (κ3) is 9.44. The average molecular weight is 723 g/mol. The van der Waals surface area contributed by atoms with Crippen LogP contribution in [-0.2, 0) is 20.8 Å². The summed E-state index contributed by atoms with van der Waals surface area (Å²) in [4.78, 5) is 8.88. The molecule has 0 spiro atoms. The average Bonchev–Trinajstić information content (AvgIpc) is 3.67. The molecule has 0 atom stereocenters. The number of hydrogen-bond donors (Lipinski definition) is 0. The van der Waals surface area contributed by atoms with Crippen LogP contribution in [0.5, 0.6) is 0 Å². The summed E-state index contributed by atoms with van der Waals surface area (Å²) >= 11 is -0.826. The maximum absolute atomic E-state index is 4.93. The second kappa shape index (κ2) is 17.5. The molecule has 6 heteroatoms. The summed E-state index contributed by atoms with van der Waals surface area (Å²) in [7, 11) is 10.8. The first-order valence-electron chi connectivity index (χ1n) is 14.7. The fourth-order valence-electron chi connectivity index (χ4n) is 5.27. The number of aryl methyl sites for hydroxylation is 4. The number of aromatic nitrogens is 2. The summed E-state index contributed by atoms with van der Waals surface area (Å²) < 4.78 is 0. The quantitative estimate of drug-likeness (QED) is 0.134. The molecule has 2 nitrogen and oxygen atoms in total. The van der Waals surface area contributed by atoms with Gasteiger partial charge in [0.05, 0.1) is 20.9 Å². The van der Waals surface area contributed by atoms with Crippen LogP contribution in [0.25, 0.3) is 44.1 Å².